The molecule has 2 saturated heterocycles. The van der Waals surface area contributed by atoms with Gasteiger partial charge in [0.1, 0.15) is 11.6 Å². The maximum absolute atomic E-state index is 13.1. The molecule has 2 aliphatic rings. The first kappa shape index (κ1) is 14.3. The SMILES string of the molecule is CN(C(=O)COc1cccc(F)c1)C1CC2CCC(C1)N2. The number of benzene rings is 1. The molecule has 2 heterocycles. The highest BCUT2D eigenvalue weighted by atomic mass is 19.1. The number of hydrogen-bond acceptors (Lipinski definition) is 3. The van der Waals surface area contributed by atoms with Crippen LogP contribution in [0.2, 0.25) is 0 Å². The summed E-state index contributed by atoms with van der Waals surface area (Å²) in [6, 6.07) is 7.25. The second kappa shape index (κ2) is 6.02. The molecule has 1 amide bonds. The third-order valence-corrected chi connectivity index (χ3v) is 4.55. The van der Waals surface area contributed by atoms with E-state index in [-0.39, 0.29) is 24.4 Å². The number of carbonyl (C=O) groups excluding carboxylic acids is 1. The van der Waals surface area contributed by atoms with Gasteiger partial charge >= 0.3 is 0 Å². The lowest BCUT2D eigenvalue weighted by atomic mass is 9.98. The van der Waals surface area contributed by atoms with Crippen LogP contribution in [0, 0.1) is 5.82 Å². The Hall–Kier alpha value is -1.62. The summed E-state index contributed by atoms with van der Waals surface area (Å²) >= 11 is 0. The van der Waals surface area contributed by atoms with E-state index in [1.807, 2.05) is 7.05 Å². The number of likely N-dealkylation sites (N-methyl/N-ethyl adjacent to an activating group) is 1. The third kappa shape index (κ3) is 3.35. The van der Waals surface area contributed by atoms with Gasteiger partial charge in [-0.2, -0.15) is 0 Å². The minimum atomic E-state index is -0.358. The zero-order valence-corrected chi connectivity index (χ0v) is 12.2. The van der Waals surface area contributed by atoms with Gasteiger partial charge in [0.2, 0.25) is 0 Å². The monoisotopic (exact) mass is 292 g/mol. The maximum Gasteiger partial charge on any atom is 0.260 e. The van der Waals surface area contributed by atoms with Crippen LogP contribution in [0.3, 0.4) is 0 Å². The van der Waals surface area contributed by atoms with Crippen molar-refractivity contribution in [3.63, 3.8) is 0 Å². The minimum Gasteiger partial charge on any atom is -0.484 e. The molecule has 0 saturated carbocycles. The highest BCUT2D eigenvalue weighted by Crippen LogP contribution is 2.29. The van der Waals surface area contributed by atoms with Crippen LogP contribution in [-0.4, -0.2) is 42.6 Å². The Morgan fingerprint density at radius 1 is 1.38 bits per heavy atom. The van der Waals surface area contributed by atoms with Crippen molar-refractivity contribution in [2.75, 3.05) is 13.7 Å². The number of nitrogens with zero attached hydrogens (tertiary/aromatic N) is 1. The van der Waals surface area contributed by atoms with E-state index in [4.69, 9.17) is 4.74 Å². The van der Waals surface area contributed by atoms with Crippen LogP contribution in [-0.2, 0) is 4.79 Å². The molecule has 2 atom stereocenters. The van der Waals surface area contributed by atoms with Crippen molar-refractivity contribution < 1.29 is 13.9 Å². The molecule has 2 fully saturated rings. The number of amides is 1. The van der Waals surface area contributed by atoms with Gasteiger partial charge in [0, 0.05) is 31.2 Å². The molecule has 0 aliphatic carbocycles. The van der Waals surface area contributed by atoms with E-state index >= 15 is 0 Å². The molecule has 1 aromatic carbocycles. The van der Waals surface area contributed by atoms with Gasteiger partial charge in [-0.25, -0.2) is 4.39 Å². The van der Waals surface area contributed by atoms with Crippen LogP contribution < -0.4 is 10.1 Å². The van der Waals surface area contributed by atoms with Crippen molar-refractivity contribution >= 4 is 5.91 Å². The van der Waals surface area contributed by atoms with E-state index in [1.165, 1.54) is 25.0 Å². The highest BCUT2D eigenvalue weighted by molar-refractivity contribution is 5.77. The van der Waals surface area contributed by atoms with E-state index in [2.05, 4.69) is 5.32 Å². The summed E-state index contributed by atoms with van der Waals surface area (Å²) in [6.45, 7) is -0.0424. The van der Waals surface area contributed by atoms with Gasteiger partial charge in [-0.05, 0) is 37.8 Å². The van der Waals surface area contributed by atoms with Crippen LogP contribution in [0.5, 0.6) is 5.75 Å². The Balaban J connectivity index is 1.53. The Morgan fingerprint density at radius 2 is 2.10 bits per heavy atom. The topological polar surface area (TPSA) is 41.6 Å². The summed E-state index contributed by atoms with van der Waals surface area (Å²) < 4.78 is 18.4. The number of ether oxygens (including phenoxy) is 1. The largest absolute Gasteiger partial charge is 0.484 e. The predicted molar refractivity (Wildman–Crippen MR) is 77.6 cm³/mol. The number of piperidine rings is 1. The molecule has 1 N–H and O–H groups in total. The van der Waals surface area contributed by atoms with Crippen LogP contribution in [0.25, 0.3) is 0 Å². The Morgan fingerprint density at radius 3 is 2.76 bits per heavy atom. The van der Waals surface area contributed by atoms with Gasteiger partial charge in [0.25, 0.3) is 5.91 Å². The molecule has 0 spiro atoms. The first-order valence-electron chi connectivity index (χ1n) is 7.52. The molecule has 1 aromatic rings. The molecule has 114 valence electrons. The molecule has 2 bridgehead atoms. The van der Waals surface area contributed by atoms with Crippen molar-refractivity contribution in [2.24, 2.45) is 0 Å². The number of carbonyl (C=O) groups is 1. The molecule has 21 heavy (non-hydrogen) atoms. The molecular formula is C16H21FN2O2. The lowest BCUT2D eigenvalue weighted by Crippen LogP contribution is -2.49. The fraction of sp³-hybridized carbons (Fsp3) is 0.562. The summed E-state index contributed by atoms with van der Waals surface area (Å²) in [7, 11) is 1.84. The van der Waals surface area contributed by atoms with E-state index in [9.17, 15) is 9.18 Å². The molecule has 2 unspecified atom stereocenters. The minimum absolute atomic E-state index is 0.0424. The first-order valence-corrected chi connectivity index (χ1v) is 7.52. The molecule has 5 heteroatoms. The smallest absolute Gasteiger partial charge is 0.260 e. The molecule has 3 rings (SSSR count). The van der Waals surface area contributed by atoms with E-state index in [1.54, 1.807) is 17.0 Å². The highest BCUT2D eigenvalue weighted by Gasteiger charge is 2.36. The number of halogens is 1. The van der Waals surface area contributed by atoms with Crippen molar-refractivity contribution in [1.29, 1.82) is 0 Å². The Labute approximate surface area is 124 Å². The zero-order valence-electron chi connectivity index (χ0n) is 12.2. The molecule has 4 nitrogen and oxygen atoms in total. The fourth-order valence-electron chi connectivity index (χ4n) is 3.35. The van der Waals surface area contributed by atoms with Gasteiger partial charge in [0.05, 0.1) is 0 Å². The summed E-state index contributed by atoms with van der Waals surface area (Å²) in [5.74, 6) is -0.0177. The van der Waals surface area contributed by atoms with Crippen LogP contribution in [0.1, 0.15) is 25.7 Å². The quantitative estimate of drug-likeness (QED) is 0.922. The number of nitrogens with one attached hydrogen (secondary N) is 1. The maximum atomic E-state index is 13.1. The van der Waals surface area contributed by atoms with E-state index < -0.39 is 0 Å². The van der Waals surface area contributed by atoms with Gasteiger partial charge in [0.15, 0.2) is 6.61 Å². The van der Waals surface area contributed by atoms with Crippen LogP contribution in [0.4, 0.5) is 4.39 Å². The normalized spacial score (nSPS) is 27.4. The average Bonchev–Trinajstić information content (AvgIpc) is 2.82. The summed E-state index contributed by atoms with van der Waals surface area (Å²) in [4.78, 5) is 14.0. The Bertz CT molecular complexity index is 511. The molecular weight excluding hydrogens is 271 g/mol. The first-order chi connectivity index (χ1) is 10.1. The standard InChI is InChI=1S/C16H21FN2O2/c1-19(14-8-12-5-6-13(9-14)18-12)16(20)10-21-15-4-2-3-11(17)7-15/h2-4,7,12-14,18H,5-6,8-10H2,1H3. The summed E-state index contributed by atoms with van der Waals surface area (Å²) in [5.41, 5.74) is 0. The number of hydrogen-bond donors (Lipinski definition) is 1. The number of rotatable bonds is 4. The summed E-state index contributed by atoms with van der Waals surface area (Å²) in [5, 5.41) is 3.57. The second-order valence-electron chi connectivity index (χ2n) is 6.01. The lowest BCUT2D eigenvalue weighted by Gasteiger charge is -2.35. The second-order valence-corrected chi connectivity index (χ2v) is 6.01. The van der Waals surface area contributed by atoms with Gasteiger partial charge < -0.3 is 15.0 Å². The van der Waals surface area contributed by atoms with Gasteiger partial charge in [-0.15, -0.1) is 0 Å². The van der Waals surface area contributed by atoms with E-state index in [0.717, 1.165) is 12.8 Å². The van der Waals surface area contributed by atoms with Gasteiger partial charge in [-0.3, -0.25) is 4.79 Å². The predicted octanol–water partition coefficient (Wildman–Crippen LogP) is 1.95. The van der Waals surface area contributed by atoms with E-state index in [0.29, 0.717) is 17.8 Å². The van der Waals surface area contributed by atoms with Gasteiger partial charge in [-0.1, -0.05) is 6.07 Å². The Kier molecular flexibility index (Phi) is 4.10. The molecule has 0 radical (unpaired) electrons. The summed E-state index contributed by atoms with van der Waals surface area (Å²) in [6.07, 6.45) is 4.45. The fourth-order valence-corrected chi connectivity index (χ4v) is 3.35. The molecule has 2 aliphatic heterocycles. The van der Waals surface area contributed by atoms with Crippen molar-refractivity contribution in [1.82, 2.24) is 10.2 Å². The van der Waals surface area contributed by atoms with Crippen LogP contribution in [0.15, 0.2) is 24.3 Å². The van der Waals surface area contributed by atoms with Crippen molar-refractivity contribution in [3.8, 4) is 5.75 Å². The number of fused-ring (bicyclic) bond motifs is 2. The van der Waals surface area contributed by atoms with Crippen molar-refractivity contribution in [3.05, 3.63) is 30.1 Å². The molecule has 0 aromatic heterocycles. The lowest BCUT2D eigenvalue weighted by molar-refractivity contribution is -0.134. The average molecular weight is 292 g/mol. The zero-order chi connectivity index (χ0) is 14.8. The van der Waals surface area contributed by atoms with Crippen LogP contribution >= 0.6 is 0 Å². The third-order valence-electron chi connectivity index (χ3n) is 4.55. The van der Waals surface area contributed by atoms with Crippen molar-refractivity contribution in [2.45, 2.75) is 43.8 Å².